The number of amides is 2. The van der Waals surface area contributed by atoms with Crippen molar-refractivity contribution in [2.45, 2.75) is 31.7 Å². The topological polar surface area (TPSA) is 79.5 Å². The van der Waals surface area contributed by atoms with Gasteiger partial charge in [0, 0.05) is 6.42 Å². The normalized spacial score (nSPS) is 25.6. The highest BCUT2D eigenvalue weighted by atomic mass is 16.7. The predicted octanol–water partition coefficient (Wildman–Crippen LogP) is -0.688. The molecule has 0 saturated carbocycles. The van der Waals surface area contributed by atoms with Crippen molar-refractivity contribution in [1.82, 2.24) is 16.1 Å². The van der Waals surface area contributed by atoms with Crippen LogP contribution in [0.5, 0.6) is 0 Å². The van der Waals surface area contributed by atoms with E-state index in [4.69, 9.17) is 4.84 Å². The summed E-state index contributed by atoms with van der Waals surface area (Å²) < 4.78 is 0. The third kappa shape index (κ3) is 3.67. The molecule has 0 unspecified atom stereocenters. The van der Waals surface area contributed by atoms with E-state index < -0.39 is 6.04 Å². The lowest BCUT2D eigenvalue weighted by molar-refractivity contribution is -0.128. The second kappa shape index (κ2) is 5.97. The van der Waals surface area contributed by atoms with Crippen molar-refractivity contribution in [3.05, 3.63) is 0 Å². The number of hydroxylamine groups is 1. The Morgan fingerprint density at radius 2 is 2.18 bits per heavy atom. The Labute approximate surface area is 100 Å². The lowest BCUT2D eigenvalue weighted by Crippen LogP contribution is -2.41. The van der Waals surface area contributed by atoms with Crippen LogP contribution < -0.4 is 16.1 Å². The highest BCUT2D eigenvalue weighted by Crippen LogP contribution is 2.17. The van der Waals surface area contributed by atoms with Gasteiger partial charge in [0.2, 0.25) is 5.91 Å². The minimum Gasteiger partial charge on any atom is -0.342 e. The fraction of sp³-hybridized carbons (Fsp3) is 0.818. The van der Waals surface area contributed by atoms with Crippen LogP contribution in [0.15, 0.2) is 0 Å². The van der Waals surface area contributed by atoms with Gasteiger partial charge in [-0.25, -0.2) is 5.48 Å². The van der Waals surface area contributed by atoms with Crippen molar-refractivity contribution in [2.75, 3.05) is 19.7 Å². The van der Waals surface area contributed by atoms with Crippen LogP contribution >= 0.6 is 0 Å². The Hall–Kier alpha value is -1.14. The summed E-state index contributed by atoms with van der Waals surface area (Å²) in [7, 11) is 0. The number of piperidine rings is 1. The van der Waals surface area contributed by atoms with E-state index in [1.54, 1.807) is 0 Å². The van der Waals surface area contributed by atoms with Gasteiger partial charge in [-0.1, -0.05) is 0 Å². The third-order valence-corrected chi connectivity index (χ3v) is 3.31. The lowest BCUT2D eigenvalue weighted by Gasteiger charge is -2.22. The molecule has 2 rings (SSSR count). The molecule has 0 aromatic rings. The van der Waals surface area contributed by atoms with E-state index in [-0.39, 0.29) is 18.4 Å². The van der Waals surface area contributed by atoms with Crippen molar-refractivity contribution >= 4 is 11.8 Å². The first-order valence-corrected chi connectivity index (χ1v) is 6.17. The van der Waals surface area contributed by atoms with Crippen LogP contribution in [-0.4, -0.2) is 37.6 Å². The fourth-order valence-corrected chi connectivity index (χ4v) is 2.22. The zero-order chi connectivity index (χ0) is 12.1. The van der Waals surface area contributed by atoms with Gasteiger partial charge in [-0.2, -0.15) is 0 Å². The highest BCUT2D eigenvalue weighted by molar-refractivity contribution is 5.88. The van der Waals surface area contributed by atoms with E-state index in [9.17, 15) is 9.59 Å². The Kier molecular flexibility index (Phi) is 4.33. The molecule has 2 heterocycles. The molecule has 0 radical (unpaired) electrons. The minimum absolute atomic E-state index is 0.0609. The zero-order valence-corrected chi connectivity index (χ0v) is 9.83. The van der Waals surface area contributed by atoms with E-state index in [2.05, 4.69) is 16.1 Å². The molecule has 17 heavy (non-hydrogen) atoms. The second-order valence-electron chi connectivity index (χ2n) is 4.63. The van der Waals surface area contributed by atoms with Crippen molar-refractivity contribution in [3.63, 3.8) is 0 Å². The molecular formula is C11H19N3O3. The molecule has 2 aliphatic heterocycles. The largest absolute Gasteiger partial charge is 0.342 e. The Morgan fingerprint density at radius 1 is 1.41 bits per heavy atom. The maximum absolute atomic E-state index is 11.6. The molecule has 0 aromatic carbocycles. The average molecular weight is 241 g/mol. The van der Waals surface area contributed by atoms with Crippen LogP contribution in [0.4, 0.5) is 0 Å². The minimum atomic E-state index is -0.518. The molecule has 1 atom stereocenters. The first-order chi connectivity index (χ1) is 8.25. The summed E-state index contributed by atoms with van der Waals surface area (Å²) >= 11 is 0. The summed E-state index contributed by atoms with van der Waals surface area (Å²) in [5, 5.41) is 5.97. The summed E-state index contributed by atoms with van der Waals surface area (Å²) in [6, 6.07) is -0.518. The van der Waals surface area contributed by atoms with E-state index in [1.807, 2.05) is 0 Å². The maximum atomic E-state index is 11.6. The molecule has 96 valence electrons. The van der Waals surface area contributed by atoms with Crippen LogP contribution in [0, 0.1) is 5.92 Å². The van der Waals surface area contributed by atoms with Crippen LogP contribution in [0.2, 0.25) is 0 Å². The molecule has 0 aliphatic carbocycles. The third-order valence-electron chi connectivity index (χ3n) is 3.31. The summed E-state index contributed by atoms with van der Waals surface area (Å²) in [6.45, 7) is 2.31. The van der Waals surface area contributed by atoms with Crippen LogP contribution in [0.3, 0.4) is 0 Å². The maximum Gasteiger partial charge on any atom is 0.268 e. The van der Waals surface area contributed by atoms with Crippen molar-refractivity contribution in [1.29, 1.82) is 0 Å². The summed E-state index contributed by atoms with van der Waals surface area (Å²) in [4.78, 5) is 27.5. The van der Waals surface area contributed by atoms with Crippen LogP contribution in [0.25, 0.3) is 0 Å². The van der Waals surface area contributed by atoms with Crippen molar-refractivity contribution in [3.8, 4) is 0 Å². The van der Waals surface area contributed by atoms with E-state index in [1.165, 1.54) is 0 Å². The summed E-state index contributed by atoms with van der Waals surface area (Å²) in [6.07, 6.45) is 3.68. The van der Waals surface area contributed by atoms with Gasteiger partial charge in [0.25, 0.3) is 5.91 Å². The molecule has 6 nitrogen and oxygen atoms in total. The molecule has 6 heteroatoms. The molecule has 0 spiro atoms. The van der Waals surface area contributed by atoms with Crippen LogP contribution in [-0.2, 0) is 14.4 Å². The van der Waals surface area contributed by atoms with Gasteiger partial charge in [-0.15, -0.1) is 0 Å². The molecule has 2 saturated heterocycles. The fourth-order valence-electron chi connectivity index (χ4n) is 2.22. The van der Waals surface area contributed by atoms with Gasteiger partial charge in [0.1, 0.15) is 12.6 Å². The predicted molar refractivity (Wildman–Crippen MR) is 60.9 cm³/mol. The lowest BCUT2D eigenvalue weighted by atomic mass is 9.93. The van der Waals surface area contributed by atoms with E-state index in [0.29, 0.717) is 12.3 Å². The molecule has 2 fully saturated rings. The number of nitrogens with one attached hydrogen (secondary N) is 3. The first kappa shape index (κ1) is 12.3. The summed E-state index contributed by atoms with van der Waals surface area (Å²) in [5.41, 5.74) is 2.22. The smallest absolute Gasteiger partial charge is 0.268 e. The van der Waals surface area contributed by atoms with Gasteiger partial charge in [-0.3, -0.25) is 14.4 Å². The van der Waals surface area contributed by atoms with Gasteiger partial charge in [0.05, 0.1) is 0 Å². The van der Waals surface area contributed by atoms with Crippen LogP contribution in [0.1, 0.15) is 25.7 Å². The van der Waals surface area contributed by atoms with Crippen molar-refractivity contribution in [2.24, 2.45) is 5.92 Å². The van der Waals surface area contributed by atoms with E-state index >= 15 is 0 Å². The van der Waals surface area contributed by atoms with Crippen molar-refractivity contribution < 1.29 is 14.4 Å². The SMILES string of the molecule is O=C(CCC1CCNCC1)N[C@@H]1CONC1=O. The Morgan fingerprint density at radius 3 is 2.82 bits per heavy atom. The zero-order valence-electron chi connectivity index (χ0n) is 9.83. The monoisotopic (exact) mass is 241 g/mol. The molecule has 0 bridgehead atoms. The van der Waals surface area contributed by atoms with Gasteiger partial charge in [0.15, 0.2) is 0 Å². The molecule has 2 amide bonds. The molecular weight excluding hydrogens is 222 g/mol. The number of rotatable bonds is 4. The quantitative estimate of drug-likeness (QED) is 0.609. The number of hydrogen-bond acceptors (Lipinski definition) is 4. The second-order valence-corrected chi connectivity index (χ2v) is 4.63. The number of hydrogen-bond donors (Lipinski definition) is 3. The highest BCUT2D eigenvalue weighted by Gasteiger charge is 2.27. The van der Waals surface area contributed by atoms with Gasteiger partial charge < -0.3 is 10.6 Å². The van der Waals surface area contributed by atoms with Gasteiger partial charge >= 0.3 is 0 Å². The summed E-state index contributed by atoms with van der Waals surface area (Å²) in [5.74, 6) is 0.310. The Bertz CT molecular complexity index is 290. The standard InChI is InChI=1S/C11H19N3O3/c15-10(13-9-7-17-14-11(9)16)2-1-8-3-5-12-6-4-8/h8-9,12H,1-7H2,(H,13,15)(H,14,16)/t9-/m1/s1. The number of carbonyl (C=O) groups excluding carboxylic acids is 2. The average Bonchev–Trinajstić information content (AvgIpc) is 2.74. The van der Waals surface area contributed by atoms with Gasteiger partial charge in [-0.05, 0) is 38.3 Å². The Balaban J connectivity index is 1.64. The molecule has 0 aromatic heterocycles. The number of carbonyl (C=O) groups is 2. The molecule has 2 aliphatic rings. The molecule has 3 N–H and O–H groups in total. The van der Waals surface area contributed by atoms with E-state index in [0.717, 1.165) is 32.4 Å². The first-order valence-electron chi connectivity index (χ1n) is 6.17.